The molecule has 10 nitrogen and oxygen atoms in total. The zero-order valence-electron chi connectivity index (χ0n) is 16.6. The van der Waals surface area contributed by atoms with Crippen LogP contribution in [0.4, 0.5) is 5.82 Å². The van der Waals surface area contributed by atoms with Crippen LogP contribution in [-0.4, -0.2) is 72.1 Å². The van der Waals surface area contributed by atoms with Crippen molar-refractivity contribution < 1.29 is 24.5 Å². The van der Waals surface area contributed by atoms with E-state index in [-0.39, 0.29) is 18.3 Å². The van der Waals surface area contributed by atoms with Crippen LogP contribution in [0.1, 0.15) is 23.0 Å². The number of amides is 1. The van der Waals surface area contributed by atoms with Crippen molar-refractivity contribution in [3.05, 3.63) is 42.5 Å². The number of thioether (sulfide) groups is 1. The van der Waals surface area contributed by atoms with E-state index >= 15 is 0 Å². The average Bonchev–Trinajstić information content (AvgIpc) is 3.32. The summed E-state index contributed by atoms with van der Waals surface area (Å²) in [6.45, 7) is -0.273. The van der Waals surface area contributed by atoms with Crippen LogP contribution in [-0.2, 0) is 4.74 Å². The Kier molecular flexibility index (Phi) is 5.05. The third-order valence-corrected chi connectivity index (χ3v) is 7.41. The molecule has 4 heterocycles. The Bertz CT molecular complexity index is 1120. The number of aromatic nitrogens is 4. The molecule has 2 fully saturated rings. The fraction of sp³-hybridized carbons (Fsp3) is 0.400. The van der Waals surface area contributed by atoms with Crippen LogP contribution in [0.5, 0.6) is 5.75 Å². The zero-order valence-corrected chi connectivity index (χ0v) is 17.5. The minimum atomic E-state index is -0.796. The van der Waals surface area contributed by atoms with Gasteiger partial charge in [0.1, 0.15) is 24.3 Å². The molecule has 2 aliphatic rings. The van der Waals surface area contributed by atoms with E-state index in [0.717, 1.165) is 12.2 Å². The maximum absolute atomic E-state index is 12.7. The number of aliphatic hydroxyl groups excluding tert-OH is 2. The van der Waals surface area contributed by atoms with Gasteiger partial charge in [0.05, 0.1) is 24.8 Å². The van der Waals surface area contributed by atoms with Gasteiger partial charge in [0.15, 0.2) is 23.2 Å². The lowest BCUT2D eigenvalue weighted by atomic mass is 9.94. The standard InChI is InChI=1S/C20H21N5O5S/c1-29-12-4-2-11(3-5-12)18(28)24-16-14-17(22-9-21-16)25(10-23-14)19-20(6-7-31-20)15(27)13(8-26)30-19/h2-5,9-10,13,15,19,26-27H,6-8H2,1H3,(H,21,22,24,28)/t13-,15-,19-,20-/m1/s1. The van der Waals surface area contributed by atoms with Crippen LogP contribution in [0.3, 0.4) is 0 Å². The van der Waals surface area contributed by atoms with Crippen molar-refractivity contribution in [1.82, 2.24) is 19.5 Å². The number of ether oxygens (including phenoxy) is 2. The molecule has 5 rings (SSSR count). The summed E-state index contributed by atoms with van der Waals surface area (Å²) < 4.78 is 12.3. The molecule has 2 saturated heterocycles. The number of fused-ring (bicyclic) bond motifs is 1. The van der Waals surface area contributed by atoms with Gasteiger partial charge in [-0.1, -0.05) is 0 Å². The molecule has 1 spiro atoms. The highest BCUT2D eigenvalue weighted by Crippen LogP contribution is 2.57. The summed E-state index contributed by atoms with van der Waals surface area (Å²) in [6, 6.07) is 6.72. The third-order valence-electron chi connectivity index (χ3n) is 5.81. The molecule has 31 heavy (non-hydrogen) atoms. The van der Waals surface area contributed by atoms with Gasteiger partial charge in [0, 0.05) is 5.56 Å². The zero-order chi connectivity index (χ0) is 21.6. The molecule has 2 aliphatic heterocycles. The van der Waals surface area contributed by atoms with E-state index in [1.54, 1.807) is 54.0 Å². The van der Waals surface area contributed by atoms with Gasteiger partial charge >= 0.3 is 0 Å². The highest BCUT2D eigenvalue weighted by atomic mass is 32.2. The Morgan fingerprint density at radius 3 is 2.77 bits per heavy atom. The van der Waals surface area contributed by atoms with Crippen LogP contribution in [0, 0.1) is 0 Å². The maximum atomic E-state index is 12.7. The number of imidazole rings is 1. The summed E-state index contributed by atoms with van der Waals surface area (Å²) in [5.74, 6) is 1.50. The quantitative estimate of drug-likeness (QED) is 0.532. The smallest absolute Gasteiger partial charge is 0.256 e. The lowest BCUT2D eigenvalue weighted by Gasteiger charge is -2.43. The number of aliphatic hydroxyl groups is 2. The minimum Gasteiger partial charge on any atom is -0.497 e. The Hall–Kier alpha value is -2.73. The molecular formula is C20H21N5O5S. The summed E-state index contributed by atoms with van der Waals surface area (Å²) in [6.07, 6.45) is 1.66. The van der Waals surface area contributed by atoms with E-state index in [9.17, 15) is 15.0 Å². The monoisotopic (exact) mass is 443 g/mol. The summed E-state index contributed by atoms with van der Waals surface area (Å²) in [4.78, 5) is 25.6. The number of carbonyl (C=O) groups excluding carboxylic acids is 1. The normalized spacial score (nSPS) is 27.4. The van der Waals surface area contributed by atoms with Crippen molar-refractivity contribution in [3.8, 4) is 5.75 Å². The lowest BCUT2D eigenvalue weighted by molar-refractivity contribution is -0.0444. The van der Waals surface area contributed by atoms with Gasteiger partial charge in [-0.25, -0.2) is 15.0 Å². The fourth-order valence-corrected chi connectivity index (χ4v) is 5.37. The summed E-state index contributed by atoms with van der Waals surface area (Å²) in [5, 5.41) is 23.1. The first-order valence-electron chi connectivity index (χ1n) is 9.78. The predicted molar refractivity (Wildman–Crippen MR) is 113 cm³/mol. The largest absolute Gasteiger partial charge is 0.497 e. The Morgan fingerprint density at radius 2 is 2.13 bits per heavy atom. The van der Waals surface area contributed by atoms with Gasteiger partial charge in [-0.05, 0) is 36.4 Å². The summed E-state index contributed by atoms with van der Waals surface area (Å²) in [7, 11) is 1.56. The van der Waals surface area contributed by atoms with E-state index in [1.807, 2.05) is 0 Å². The SMILES string of the molecule is COc1ccc(C(=O)Nc2ncnc3c2ncn3[C@@H]2O[C@H](CO)[C@@H](O)[C@]23CCS3)cc1. The molecular weight excluding hydrogens is 422 g/mol. The number of benzene rings is 1. The number of hydrogen-bond donors (Lipinski definition) is 3. The highest BCUT2D eigenvalue weighted by molar-refractivity contribution is 8.02. The Balaban J connectivity index is 1.46. The van der Waals surface area contributed by atoms with Crippen molar-refractivity contribution in [1.29, 1.82) is 0 Å². The van der Waals surface area contributed by atoms with Crippen LogP contribution in [0.2, 0.25) is 0 Å². The molecule has 0 bridgehead atoms. The van der Waals surface area contributed by atoms with Crippen molar-refractivity contribution in [2.75, 3.05) is 24.8 Å². The summed E-state index contributed by atoms with van der Waals surface area (Å²) >= 11 is 1.61. The first-order chi connectivity index (χ1) is 15.1. The number of carbonyl (C=O) groups is 1. The lowest BCUT2D eigenvalue weighted by Crippen LogP contribution is -2.50. The maximum Gasteiger partial charge on any atom is 0.256 e. The number of rotatable bonds is 5. The minimum absolute atomic E-state index is 0.273. The Morgan fingerprint density at radius 1 is 1.35 bits per heavy atom. The van der Waals surface area contributed by atoms with E-state index in [4.69, 9.17) is 9.47 Å². The third kappa shape index (κ3) is 3.16. The van der Waals surface area contributed by atoms with Gasteiger partial charge in [-0.3, -0.25) is 9.36 Å². The van der Waals surface area contributed by atoms with Gasteiger partial charge in [0.2, 0.25) is 0 Å². The number of methoxy groups -OCH3 is 1. The molecule has 2 aromatic heterocycles. The predicted octanol–water partition coefficient (Wildman–Crippen LogP) is 1.21. The van der Waals surface area contributed by atoms with Gasteiger partial charge in [-0.15, -0.1) is 11.8 Å². The molecule has 1 aromatic carbocycles. The number of anilines is 1. The van der Waals surface area contributed by atoms with Crippen LogP contribution < -0.4 is 10.1 Å². The van der Waals surface area contributed by atoms with E-state index in [2.05, 4.69) is 20.3 Å². The second-order valence-electron chi connectivity index (χ2n) is 7.44. The molecule has 11 heteroatoms. The van der Waals surface area contributed by atoms with E-state index < -0.39 is 23.2 Å². The molecule has 3 N–H and O–H groups in total. The molecule has 0 radical (unpaired) electrons. The number of hydrogen-bond acceptors (Lipinski definition) is 9. The molecule has 0 aliphatic carbocycles. The van der Waals surface area contributed by atoms with Crippen molar-refractivity contribution in [3.63, 3.8) is 0 Å². The first-order valence-corrected chi connectivity index (χ1v) is 10.8. The van der Waals surface area contributed by atoms with Crippen molar-refractivity contribution >= 4 is 34.7 Å². The van der Waals surface area contributed by atoms with Crippen LogP contribution in [0.15, 0.2) is 36.9 Å². The molecule has 162 valence electrons. The molecule has 3 aromatic rings. The number of nitrogens with one attached hydrogen (secondary N) is 1. The van der Waals surface area contributed by atoms with E-state index in [0.29, 0.717) is 22.5 Å². The van der Waals surface area contributed by atoms with Crippen molar-refractivity contribution in [2.45, 2.75) is 29.6 Å². The van der Waals surface area contributed by atoms with Crippen molar-refractivity contribution in [2.24, 2.45) is 0 Å². The van der Waals surface area contributed by atoms with Gasteiger partial charge in [0.25, 0.3) is 5.91 Å². The molecule has 0 unspecified atom stereocenters. The Labute approximate surface area is 181 Å². The van der Waals surface area contributed by atoms with Crippen LogP contribution >= 0.6 is 11.8 Å². The topological polar surface area (TPSA) is 132 Å². The van der Waals surface area contributed by atoms with Gasteiger partial charge in [-0.2, -0.15) is 0 Å². The van der Waals surface area contributed by atoms with Crippen LogP contribution in [0.25, 0.3) is 11.2 Å². The second-order valence-corrected chi connectivity index (χ2v) is 8.89. The highest BCUT2D eigenvalue weighted by Gasteiger charge is 2.60. The number of nitrogens with zero attached hydrogens (tertiary/aromatic N) is 4. The second kappa shape index (κ2) is 7.75. The first kappa shape index (κ1) is 20.2. The summed E-state index contributed by atoms with van der Waals surface area (Å²) in [5.41, 5.74) is 1.34. The molecule has 1 amide bonds. The fourth-order valence-electron chi connectivity index (χ4n) is 4.06. The van der Waals surface area contributed by atoms with Gasteiger partial charge < -0.3 is 25.0 Å². The molecule has 0 saturated carbocycles. The molecule has 4 atom stereocenters. The van der Waals surface area contributed by atoms with E-state index in [1.165, 1.54) is 6.33 Å². The average molecular weight is 443 g/mol.